The Bertz CT molecular complexity index is 406. The van der Waals surface area contributed by atoms with Crippen LogP contribution in [0.25, 0.3) is 10.8 Å². The first kappa shape index (κ1) is 9.43. The van der Waals surface area contributed by atoms with Crippen LogP contribution in [0.1, 0.15) is 10.6 Å². The van der Waals surface area contributed by atoms with Gasteiger partial charge in [-0.15, -0.1) is 11.3 Å². The highest BCUT2D eigenvalue weighted by molar-refractivity contribution is 7.15. The average molecular weight is 208 g/mol. The third-order valence-electron chi connectivity index (χ3n) is 2.00. The van der Waals surface area contributed by atoms with Gasteiger partial charge in [0, 0.05) is 4.88 Å². The fourth-order valence-corrected chi connectivity index (χ4v) is 2.34. The summed E-state index contributed by atoms with van der Waals surface area (Å²) in [5.74, 6) is 0.835. The second-order valence-corrected chi connectivity index (χ2v) is 4.13. The average Bonchev–Trinajstić information content (AvgIpc) is 2.76. The van der Waals surface area contributed by atoms with E-state index in [1.165, 1.54) is 4.88 Å². The van der Waals surface area contributed by atoms with E-state index in [-0.39, 0.29) is 0 Å². The Hall–Kier alpha value is -1.13. The molecule has 0 unspecified atom stereocenters. The minimum atomic E-state index is 0.667. The number of aryl methyl sites for hydroxylation is 1. The largest absolute Gasteiger partial charge is 0.462 e. The summed E-state index contributed by atoms with van der Waals surface area (Å²) in [6, 6.07) is 3.79. The van der Waals surface area contributed by atoms with Crippen LogP contribution in [0.5, 0.6) is 0 Å². The van der Waals surface area contributed by atoms with Crippen LogP contribution in [-0.2, 0) is 6.42 Å². The van der Waals surface area contributed by atoms with Gasteiger partial charge in [0.05, 0.1) is 12.0 Å². The molecule has 4 heteroatoms. The molecule has 3 nitrogen and oxygen atoms in total. The highest BCUT2D eigenvalue weighted by Gasteiger charge is 2.10. The minimum Gasteiger partial charge on any atom is -0.462 e. The predicted octanol–water partition coefficient (Wildman–Crippen LogP) is 2.21. The molecule has 0 aliphatic rings. The van der Waals surface area contributed by atoms with Crippen molar-refractivity contribution in [1.82, 2.24) is 4.98 Å². The lowest BCUT2D eigenvalue weighted by Gasteiger charge is -1.90. The Balaban J connectivity index is 2.33. The maximum absolute atomic E-state index is 5.51. The summed E-state index contributed by atoms with van der Waals surface area (Å²) in [4.78, 5) is 5.69. The van der Waals surface area contributed by atoms with Crippen molar-refractivity contribution in [2.24, 2.45) is 5.73 Å². The lowest BCUT2D eigenvalue weighted by molar-refractivity contribution is 0.581. The van der Waals surface area contributed by atoms with Gasteiger partial charge in [0.25, 0.3) is 0 Å². The number of aromatic nitrogens is 1. The van der Waals surface area contributed by atoms with Gasteiger partial charge in [0.15, 0.2) is 10.8 Å². The third-order valence-corrected chi connectivity index (χ3v) is 3.23. The molecule has 0 bridgehead atoms. The van der Waals surface area contributed by atoms with Gasteiger partial charge >= 0.3 is 0 Å². The number of nitrogens with zero attached hydrogens (tertiary/aromatic N) is 1. The summed E-state index contributed by atoms with van der Waals surface area (Å²) in [6.07, 6.45) is 2.55. The molecule has 0 amide bonds. The Labute approximate surface area is 86.6 Å². The van der Waals surface area contributed by atoms with Gasteiger partial charge in [0.2, 0.25) is 0 Å². The number of nitrogens with two attached hydrogens (primary N) is 1. The van der Waals surface area contributed by atoms with E-state index in [0.717, 1.165) is 22.9 Å². The van der Waals surface area contributed by atoms with Crippen LogP contribution in [0.2, 0.25) is 0 Å². The van der Waals surface area contributed by atoms with Crippen LogP contribution >= 0.6 is 11.3 Å². The van der Waals surface area contributed by atoms with Crippen LogP contribution in [0, 0.1) is 6.92 Å². The second kappa shape index (κ2) is 3.94. The van der Waals surface area contributed by atoms with Crippen LogP contribution in [0.4, 0.5) is 0 Å². The molecule has 0 saturated carbocycles. The molecular formula is C10H12N2OS. The van der Waals surface area contributed by atoms with Gasteiger partial charge in [-0.25, -0.2) is 4.98 Å². The number of hydrogen-bond donors (Lipinski definition) is 1. The van der Waals surface area contributed by atoms with Gasteiger partial charge in [-0.2, -0.15) is 0 Å². The predicted molar refractivity (Wildman–Crippen MR) is 57.3 cm³/mol. The van der Waals surface area contributed by atoms with Crippen molar-refractivity contribution >= 4 is 11.3 Å². The van der Waals surface area contributed by atoms with Crippen LogP contribution < -0.4 is 5.73 Å². The molecule has 0 radical (unpaired) electrons. The highest BCUT2D eigenvalue weighted by Crippen LogP contribution is 2.28. The molecule has 0 aliphatic heterocycles. The summed E-state index contributed by atoms with van der Waals surface area (Å²) in [6.45, 7) is 2.68. The normalized spacial score (nSPS) is 10.7. The minimum absolute atomic E-state index is 0.667. The molecule has 74 valence electrons. The molecule has 0 atom stereocenters. The van der Waals surface area contributed by atoms with E-state index in [9.17, 15) is 0 Å². The molecule has 0 aliphatic carbocycles. The molecule has 0 fully saturated rings. The van der Waals surface area contributed by atoms with Gasteiger partial charge in [0.1, 0.15) is 0 Å². The molecule has 2 rings (SSSR count). The SMILES string of the molecule is Cc1nc(-c2ccco2)sc1CCN. The lowest BCUT2D eigenvalue weighted by Crippen LogP contribution is -2.01. The number of rotatable bonds is 3. The van der Waals surface area contributed by atoms with Crippen molar-refractivity contribution in [2.45, 2.75) is 13.3 Å². The molecule has 14 heavy (non-hydrogen) atoms. The fourth-order valence-electron chi connectivity index (χ4n) is 1.30. The first-order chi connectivity index (χ1) is 6.81. The van der Waals surface area contributed by atoms with Crippen LogP contribution in [0.15, 0.2) is 22.8 Å². The molecule has 0 spiro atoms. The van der Waals surface area contributed by atoms with Crippen LogP contribution in [0.3, 0.4) is 0 Å². The van der Waals surface area contributed by atoms with E-state index in [1.54, 1.807) is 17.6 Å². The molecule has 2 N–H and O–H groups in total. The Kier molecular flexibility index (Phi) is 2.65. The quantitative estimate of drug-likeness (QED) is 0.841. The zero-order chi connectivity index (χ0) is 9.97. The summed E-state index contributed by atoms with van der Waals surface area (Å²) in [7, 11) is 0. The first-order valence-corrected chi connectivity index (χ1v) is 5.33. The number of hydrogen-bond acceptors (Lipinski definition) is 4. The van der Waals surface area contributed by atoms with Crippen molar-refractivity contribution < 1.29 is 4.42 Å². The zero-order valence-corrected chi connectivity index (χ0v) is 8.80. The Morgan fingerprint density at radius 2 is 2.43 bits per heavy atom. The molecule has 0 aromatic carbocycles. The van der Waals surface area contributed by atoms with Gasteiger partial charge < -0.3 is 10.2 Å². The zero-order valence-electron chi connectivity index (χ0n) is 7.99. The summed E-state index contributed by atoms with van der Waals surface area (Å²) in [5.41, 5.74) is 6.57. The lowest BCUT2D eigenvalue weighted by atomic mass is 10.3. The maximum atomic E-state index is 5.51. The Morgan fingerprint density at radius 3 is 3.07 bits per heavy atom. The molecule has 0 saturated heterocycles. The number of furan rings is 1. The highest BCUT2D eigenvalue weighted by atomic mass is 32.1. The van der Waals surface area contributed by atoms with E-state index in [1.807, 2.05) is 19.1 Å². The monoisotopic (exact) mass is 208 g/mol. The van der Waals surface area contributed by atoms with Crippen molar-refractivity contribution in [3.8, 4) is 10.8 Å². The third kappa shape index (κ3) is 1.71. The van der Waals surface area contributed by atoms with E-state index >= 15 is 0 Å². The van der Waals surface area contributed by atoms with Crippen LogP contribution in [-0.4, -0.2) is 11.5 Å². The molecule has 2 heterocycles. The van der Waals surface area contributed by atoms with E-state index in [4.69, 9.17) is 10.2 Å². The van der Waals surface area contributed by atoms with Crippen molar-refractivity contribution in [1.29, 1.82) is 0 Å². The first-order valence-electron chi connectivity index (χ1n) is 4.51. The van der Waals surface area contributed by atoms with Gasteiger partial charge in [-0.05, 0) is 32.0 Å². The van der Waals surface area contributed by atoms with Crippen molar-refractivity contribution in [3.63, 3.8) is 0 Å². The van der Waals surface area contributed by atoms with E-state index in [0.29, 0.717) is 6.54 Å². The smallest absolute Gasteiger partial charge is 0.162 e. The molecule has 2 aromatic heterocycles. The number of thiazole rings is 1. The Morgan fingerprint density at radius 1 is 1.57 bits per heavy atom. The van der Waals surface area contributed by atoms with Crippen molar-refractivity contribution in [2.75, 3.05) is 6.54 Å². The van der Waals surface area contributed by atoms with Gasteiger partial charge in [-0.1, -0.05) is 0 Å². The summed E-state index contributed by atoms with van der Waals surface area (Å²) >= 11 is 1.66. The van der Waals surface area contributed by atoms with Gasteiger partial charge in [-0.3, -0.25) is 0 Å². The standard InChI is InChI=1S/C10H12N2OS/c1-7-9(4-5-11)14-10(12-7)8-3-2-6-13-8/h2-3,6H,4-5,11H2,1H3. The summed E-state index contributed by atoms with van der Waals surface area (Å²) < 4.78 is 5.28. The van der Waals surface area contributed by atoms with E-state index < -0.39 is 0 Å². The maximum Gasteiger partial charge on any atom is 0.162 e. The topological polar surface area (TPSA) is 52.0 Å². The van der Waals surface area contributed by atoms with Crippen molar-refractivity contribution in [3.05, 3.63) is 29.0 Å². The fraction of sp³-hybridized carbons (Fsp3) is 0.300. The molecule has 2 aromatic rings. The summed E-state index contributed by atoms with van der Waals surface area (Å²) in [5, 5.41) is 0.941. The second-order valence-electron chi connectivity index (χ2n) is 3.04. The molecular weight excluding hydrogens is 196 g/mol. The van der Waals surface area contributed by atoms with E-state index in [2.05, 4.69) is 4.98 Å².